The number of rotatable bonds is 7. The highest BCUT2D eigenvalue weighted by Crippen LogP contribution is 2.24. The van der Waals surface area contributed by atoms with Gasteiger partial charge in [-0.3, -0.25) is 0 Å². The molecule has 0 amide bonds. The maximum atomic E-state index is 12.3. The summed E-state index contributed by atoms with van der Waals surface area (Å²) in [5, 5.41) is 2.84. The smallest absolute Gasteiger partial charge is 0.338 e. The maximum absolute atomic E-state index is 12.3. The fourth-order valence-corrected chi connectivity index (χ4v) is 3.66. The number of hydrogen-bond donors (Lipinski definition) is 0. The Morgan fingerprint density at radius 3 is 2.37 bits per heavy atom. The molecule has 0 saturated heterocycles. The average molecular weight is 416 g/mol. The summed E-state index contributed by atoms with van der Waals surface area (Å²) in [6.45, 7) is 2.68. The Balaban J connectivity index is 1.30. The Hall–Kier alpha value is -3.44. The van der Waals surface area contributed by atoms with E-state index in [2.05, 4.69) is 24.0 Å². The standard InChI is InChI=1S/C25H21NO3S/c1-18-7-9-20(10-8-18)24-26-22(17-30-24)16-29-25(27)21-11-13-23(14-12-21)28-15-19-5-3-2-4-6-19/h2-14,17H,15-16H2,1H3. The van der Waals surface area contributed by atoms with Gasteiger partial charge in [0.15, 0.2) is 0 Å². The van der Waals surface area contributed by atoms with Crippen LogP contribution >= 0.6 is 11.3 Å². The fourth-order valence-electron chi connectivity index (χ4n) is 2.85. The lowest BCUT2D eigenvalue weighted by Crippen LogP contribution is -2.05. The number of carbonyl (C=O) groups is 1. The van der Waals surface area contributed by atoms with Gasteiger partial charge in [0.2, 0.25) is 0 Å². The van der Waals surface area contributed by atoms with E-state index in [1.165, 1.54) is 5.56 Å². The van der Waals surface area contributed by atoms with Crippen molar-refractivity contribution in [1.82, 2.24) is 4.98 Å². The van der Waals surface area contributed by atoms with Crippen molar-refractivity contribution in [2.75, 3.05) is 0 Å². The molecule has 0 aliphatic heterocycles. The van der Waals surface area contributed by atoms with Crippen LogP contribution in [0.4, 0.5) is 0 Å². The summed E-state index contributed by atoms with van der Waals surface area (Å²) in [6.07, 6.45) is 0. The molecule has 30 heavy (non-hydrogen) atoms. The lowest BCUT2D eigenvalue weighted by Gasteiger charge is -2.07. The van der Waals surface area contributed by atoms with Gasteiger partial charge in [0.25, 0.3) is 0 Å². The van der Waals surface area contributed by atoms with E-state index in [4.69, 9.17) is 9.47 Å². The van der Waals surface area contributed by atoms with Crippen molar-refractivity contribution in [2.45, 2.75) is 20.1 Å². The zero-order valence-electron chi connectivity index (χ0n) is 16.6. The van der Waals surface area contributed by atoms with Gasteiger partial charge >= 0.3 is 5.97 Å². The summed E-state index contributed by atoms with van der Waals surface area (Å²) in [6, 6.07) is 25.1. The molecular formula is C25H21NO3S. The molecule has 0 fully saturated rings. The molecule has 4 aromatic rings. The monoisotopic (exact) mass is 415 g/mol. The highest BCUT2D eigenvalue weighted by Gasteiger charge is 2.10. The van der Waals surface area contributed by atoms with Crippen LogP contribution < -0.4 is 4.74 Å². The van der Waals surface area contributed by atoms with Gasteiger partial charge in [-0.05, 0) is 36.8 Å². The number of esters is 1. The summed E-state index contributed by atoms with van der Waals surface area (Å²) in [7, 11) is 0. The fraction of sp³-hybridized carbons (Fsp3) is 0.120. The summed E-state index contributed by atoms with van der Waals surface area (Å²) >= 11 is 1.54. The zero-order chi connectivity index (χ0) is 20.8. The second kappa shape index (κ2) is 9.37. The highest BCUT2D eigenvalue weighted by atomic mass is 32.1. The van der Waals surface area contributed by atoms with Crippen LogP contribution in [0.2, 0.25) is 0 Å². The molecule has 0 spiro atoms. The third-order valence-electron chi connectivity index (χ3n) is 4.54. The first kappa shape index (κ1) is 19.9. The van der Waals surface area contributed by atoms with E-state index in [1.54, 1.807) is 35.6 Å². The Morgan fingerprint density at radius 2 is 1.63 bits per heavy atom. The lowest BCUT2D eigenvalue weighted by molar-refractivity contribution is 0.0468. The second-order valence-electron chi connectivity index (χ2n) is 6.88. The van der Waals surface area contributed by atoms with Gasteiger partial charge in [-0.2, -0.15) is 0 Å². The van der Waals surface area contributed by atoms with E-state index in [9.17, 15) is 4.79 Å². The second-order valence-corrected chi connectivity index (χ2v) is 7.74. The number of ether oxygens (including phenoxy) is 2. The molecular weight excluding hydrogens is 394 g/mol. The van der Waals surface area contributed by atoms with Crippen molar-refractivity contribution in [3.63, 3.8) is 0 Å². The molecule has 0 bridgehead atoms. The van der Waals surface area contributed by atoms with Crippen molar-refractivity contribution < 1.29 is 14.3 Å². The number of hydrogen-bond acceptors (Lipinski definition) is 5. The third-order valence-corrected chi connectivity index (χ3v) is 5.48. The first-order valence-electron chi connectivity index (χ1n) is 9.63. The third kappa shape index (κ3) is 5.13. The van der Waals surface area contributed by atoms with Gasteiger partial charge in [-0.1, -0.05) is 60.2 Å². The Labute approximate surface area is 179 Å². The van der Waals surface area contributed by atoms with E-state index < -0.39 is 0 Å². The summed E-state index contributed by atoms with van der Waals surface area (Å²) in [5.41, 5.74) is 4.59. The quantitative estimate of drug-likeness (QED) is 0.345. The van der Waals surface area contributed by atoms with Crippen molar-refractivity contribution in [1.29, 1.82) is 0 Å². The average Bonchev–Trinajstić information content (AvgIpc) is 3.27. The predicted molar refractivity (Wildman–Crippen MR) is 119 cm³/mol. The minimum atomic E-state index is -0.380. The minimum absolute atomic E-state index is 0.146. The zero-order valence-corrected chi connectivity index (χ0v) is 17.4. The Bertz CT molecular complexity index is 1100. The molecule has 0 unspecified atom stereocenters. The molecule has 150 valence electrons. The van der Waals surface area contributed by atoms with Crippen LogP contribution in [0, 0.1) is 6.92 Å². The van der Waals surface area contributed by atoms with Crippen LogP contribution in [-0.2, 0) is 18.0 Å². The van der Waals surface area contributed by atoms with Crippen LogP contribution in [0.25, 0.3) is 10.6 Å². The number of benzene rings is 3. The van der Waals surface area contributed by atoms with Gasteiger partial charge in [-0.25, -0.2) is 9.78 Å². The summed E-state index contributed by atoms with van der Waals surface area (Å²) in [4.78, 5) is 16.9. The van der Waals surface area contributed by atoms with E-state index in [0.717, 1.165) is 21.8 Å². The molecule has 1 heterocycles. The lowest BCUT2D eigenvalue weighted by atomic mass is 10.2. The number of thiazole rings is 1. The molecule has 0 saturated carbocycles. The molecule has 5 heteroatoms. The molecule has 4 rings (SSSR count). The largest absolute Gasteiger partial charge is 0.489 e. The van der Waals surface area contributed by atoms with E-state index >= 15 is 0 Å². The van der Waals surface area contributed by atoms with Gasteiger partial charge in [0.1, 0.15) is 24.0 Å². The summed E-state index contributed by atoms with van der Waals surface area (Å²) in [5.74, 6) is 0.326. The van der Waals surface area contributed by atoms with Crippen LogP contribution in [0.1, 0.15) is 27.2 Å². The van der Waals surface area contributed by atoms with Gasteiger partial charge < -0.3 is 9.47 Å². The van der Waals surface area contributed by atoms with Gasteiger partial charge in [0.05, 0.1) is 11.3 Å². The number of carbonyl (C=O) groups excluding carboxylic acids is 1. The van der Waals surface area contributed by atoms with Gasteiger partial charge in [-0.15, -0.1) is 11.3 Å². The van der Waals surface area contributed by atoms with Crippen LogP contribution in [0.3, 0.4) is 0 Å². The van der Waals surface area contributed by atoms with Crippen molar-refractivity contribution in [2.24, 2.45) is 0 Å². The molecule has 1 aromatic heterocycles. The normalized spacial score (nSPS) is 10.6. The van der Waals surface area contributed by atoms with E-state index in [1.807, 2.05) is 47.8 Å². The summed E-state index contributed by atoms with van der Waals surface area (Å²) < 4.78 is 11.2. The number of aromatic nitrogens is 1. The topological polar surface area (TPSA) is 48.4 Å². The Morgan fingerprint density at radius 1 is 0.900 bits per heavy atom. The maximum Gasteiger partial charge on any atom is 0.338 e. The molecule has 0 N–H and O–H groups in total. The number of aryl methyl sites for hydroxylation is 1. The molecule has 0 radical (unpaired) electrons. The predicted octanol–water partition coefficient (Wildman–Crippen LogP) is 6.05. The molecule has 0 aliphatic rings. The molecule has 3 aromatic carbocycles. The Kier molecular flexibility index (Phi) is 6.20. The highest BCUT2D eigenvalue weighted by molar-refractivity contribution is 7.13. The molecule has 0 atom stereocenters. The van der Waals surface area contributed by atoms with Crippen molar-refractivity contribution in [3.05, 3.63) is 107 Å². The van der Waals surface area contributed by atoms with Crippen molar-refractivity contribution >= 4 is 17.3 Å². The molecule has 0 aliphatic carbocycles. The molecule has 4 nitrogen and oxygen atoms in total. The van der Waals surface area contributed by atoms with E-state index in [0.29, 0.717) is 17.9 Å². The SMILES string of the molecule is Cc1ccc(-c2nc(COC(=O)c3ccc(OCc4ccccc4)cc3)cs2)cc1. The van der Waals surface area contributed by atoms with E-state index in [-0.39, 0.29) is 12.6 Å². The number of nitrogens with zero attached hydrogens (tertiary/aromatic N) is 1. The van der Waals surface area contributed by atoms with Crippen LogP contribution in [0.15, 0.2) is 84.2 Å². The van der Waals surface area contributed by atoms with Gasteiger partial charge in [0, 0.05) is 10.9 Å². The first-order valence-corrected chi connectivity index (χ1v) is 10.5. The van der Waals surface area contributed by atoms with Crippen molar-refractivity contribution in [3.8, 4) is 16.3 Å². The van der Waals surface area contributed by atoms with Crippen LogP contribution in [-0.4, -0.2) is 11.0 Å². The first-order chi connectivity index (χ1) is 14.7. The van der Waals surface area contributed by atoms with Crippen LogP contribution in [0.5, 0.6) is 5.75 Å². The minimum Gasteiger partial charge on any atom is -0.489 e.